The van der Waals surface area contributed by atoms with Crippen molar-refractivity contribution in [3.63, 3.8) is 0 Å². The Kier molecular flexibility index (Phi) is 5.83. The lowest BCUT2D eigenvalue weighted by Crippen LogP contribution is -3.15. The average Bonchev–Trinajstić information content (AvgIpc) is 2.62. The molecule has 1 heterocycles. The van der Waals surface area contributed by atoms with E-state index in [0.717, 1.165) is 11.0 Å². The number of hydrogen-bond acceptors (Lipinski definition) is 3. The van der Waals surface area contributed by atoms with E-state index >= 15 is 0 Å². The van der Waals surface area contributed by atoms with Crippen LogP contribution in [0.15, 0.2) is 53.4 Å². The van der Waals surface area contributed by atoms with Crippen LogP contribution in [-0.4, -0.2) is 51.4 Å². The number of anilines is 1. The number of quaternary nitrogens is 1. The molecule has 1 saturated heterocycles. The van der Waals surface area contributed by atoms with E-state index in [-0.39, 0.29) is 30.4 Å². The van der Waals surface area contributed by atoms with Crippen molar-refractivity contribution in [3.05, 3.63) is 60.2 Å². The number of benzene rings is 2. The topological polar surface area (TPSA) is 70.9 Å². The van der Waals surface area contributed by atoms with Gasteiger partial charge in [-0.2, -0.15) is 4.31 Å². The maximum absolute atomic E-state index is 13.8. The average molecular weight is 396 g/mol. The lowest BCUT2D eigenvalue weighted by atomic mass is 10.3. The Hall–Kier alpha value is -2.36. The smallest absolute Gasteiger partial charge is 0.279 e. The fourth-order valence-corrected chi connectivity index (χ4v) is 4.52. The van der Waals surface area contributed by atoms with Gasteiger partial charge in [0.25, 0.3) is 5.91 Å². The molecule has 0 aliphatic carbocycles. The van der Waals surface area contributed by atoms with Crippen LogP contribution in [0.5, 0.6) is 0 Å². The van der Waals surface area contributed by atoms with Gasteiger partial charge in [-0.05, 0) is 30.3 Å². The number of rotatable bonds is 5. The van der Waals surface area contributed by atoms with Crippen molar-refractivity contribution in [2.24, 2.45) is 0 Å². The fraction of sp³-hybridized carbons (Fsp3) is 0.278. The summed E-state index contributed by atoms with van der Waals surface area (Å²) in [5.74, 6) is -1.49. The van der Waals surface area contributed by atoms with E-state index in [4.69, 9.17) is 0 Å². The predicted molar refractivity (Wildman–Crippen MR) is 95.8 cm³/mol. The van der Waals surface area contributed by atoms with Crippen molar-refractivity contribution in [1.82, 2.24) is 4.31 Å². The zero-order chi connectivity index (χ0) is 19.4. The van der Waals surface area contributed by atoms with Crippen LogP contribution in [0.4, 0.5) is 14.5 Å². The zero-order valence-corrected chi connectivity index (χ0v) is 15.3. The van der Waals surface area contributed by atoms with Gasteiger partial charge >= 0.3 is 0 Å². The van der Waals surface area contributed by atoms with Crippen molar-refractivity contribution in [1.29, 1.82) is 0 Å². The number of nitrogens with one attached hydrogen (secondary N) is 2. The molecule has 1 fully saturated rings. The molecule has 0 unspecified atom stereocenters. The quantitative estimate of drug-likeness (QED) is 0.773. The normalized spacial score (nSPS) is 16.2. The first-order valence-electron chi connectivity index (χ1n) is 8.50. The van der Waals surface area contributed by atoms with Crippen LogP contribution in [0, 0.1) is 11.6 Å². The minimum atomic E-state index is -3.90. The Morgan fingerprint density at radius 2 is 1.78 bits per heavy atom. The van der Waals surface area contributed by atoms with E-state index in [2.05, 4.69) is 5.32 Å². The summed E-state index contributed by atoms with van der Waals surface area (Å²) in [6.45, 7) is 1.37. The van der Waals surface area contributed by atoms with Gasteiger partial charge < -0.3 is 10.2 Å². The number of carbonyl (C=O) groups excluding carboxylic acids is 1. The van der Waals surface area contributed by atoms with Gasteiger partial charge in [0.15, 0.2) is 6.54 Å². The number of hydrogen-bond donors (Lipinski definition) is 2. The summed E-state index contributed by atoms with van der Waals surface area (Å²) < 4.78 is 53.4. The molecule has 27 heavy (non-hydrogen) atoms. The van der Waals surface area contributed by atoms with Gasteiger partial charge in [-0.1, -0.05) is 18.2 Å². The molecule has 9 heteroatoms. The number of carbonyl (C=O) groups is 1. The van der Waals surface area contributed by atoms with E-state index < -0.39 is 21.7 Å². The number of sulfonamides is 1. The second-order valence-corrected chi connectivity index (χ2v) is 8.23. The number of halogens is 2. The molecular formula is C18H20F2N3O3S+. The third-order valence-electron chi connectivity index (χ3n) is 4.40. The lowest BCUT2D eigenvalue weighted by molar-refractivity contribution is -0.895. The van der Waals surface area contributed by atoms with Crippen LogP contribution in [0.3, 0.4) is 0 Å². The lowest BCUT2D eigenvalue weighted by Gasteiger charge is -2.31. The molecule has 0 bridgehead atoms. The Bertz CT molecular complexity index is 929. The zero-order valence-electron chi connectivity index (χ0n) is 14.5. The van der Waals surface area contributed by atoms with Gasteiger partial charge in [0, 0.05) is 5.69 Å². The Morgan fingerprint density at radius 3 is 2.44 bits per heavy atom. The molecule has 2 aromatic carbocycles. The van der Waals surface area contributed by atoms with Crippen molar-refractivity contribution in [2.75, 3.05) is 38.0 Å². The van der Waals surface area contributed by atoms with Crippen molar-refractivity contribution < 1.29 is 26.9 Å². The predicted octanol–water partition coefficient (Wildman–Crippen LogP) is 0.493. The van der Waals surface area contributed by atoms with E-state index in [1.54, 1.807) is 6.07 Å². The summed E-state index contributed by atoms with van der Waals surface area (Å²) in [6.07, 6.45) is 0. The van der Waals surface area contributed by atoms with Crippen molar-refractivity contribution >= 4 is 21.6 Å². The molecule has 0 saturated carbocycles. The number of amides is 1. The summed E-state index contributed by atoms with van der Waals surface area (Å²) in [5, 5.41) is 2.62. The highest BCUT2D eigenvalue weighted by Crippen LogP contribution is 2.18. The van der Waals surface area contributed by atoms with Crippen molar-refractivity contribution in [3.8, 4) is 0 Å². The van der Waals surface area contributed by atoms with E-state index in [1.807, 2.05) is 0 Å². The first kappa shape index (κ1) is 19.4. The second kappa shape index (κ2) is 8.12. The Labute approximate surface area is 156 Å². The molecule has 1 amide bonds. The molecule has 1 aliphatic rings. The van der Waals surface area contributed by atoms with Crippen LogP contribution in [0.2, 0.25) is 0 Å². The minimum Gasteiger partial charge on any atom is -0.325 e. The van der Waals surface area contributed by atoms with E-state index in [9.17, 15) is 22.0 Å². The third kappa shape index (κ3) is 4.68. The largest absolute Gasteiger partial charge is 0.325 e. The molecule has 0 atom stereocenters. The molecule has 1 aliphatic heterocycles. The van der Waals surface area contributed by atoms with Gasteiger partial charge in [-0.15, -0.1) is 0 Å². The summed E-state index contributed by atoms with van der Waals surface area (Å²) in [5.41, 5.74) is 0.375. The molecule has 6 nitrogen and oxygen atoms in total. The highest BCUT2D eigenvalue weighted by Gasteiger charge is 2.32. The van der Waals surface area contributed by atoms with Gasteiger partial charge in [-0.3, -0.25) is 4.79 Å². The van der Waals surface area contributed by atoms with Crippen LogP contribution in [-0.2, 0) is 14.8 Å². The van der Waals surface area contributed by atoms with E-state index in [0.29, 0.717) is 18.8 Å². The van der Waals surface area contributed by atoms with Crippen molar-refractivity contribution in [2.45, 2.75) is 4.90 Å². The summed E-state index contributed by atoms with van der Waals surface area (Å²) >= 11 is 0. The third-order valence-corrected chi connectivity index (χ3v) is 6.33. The fourth-order valence-electron chi connectivity index (χ4n) is 3.01. The maximum atomic E-state index is 13.8. The monoisotopic (exact) mass is 396 g/mol. The van der Waals surface area contributed by atoms with Crippen LogP contribution in [0.1, 0.15) is 0 Å². The maximum Gasteiger partial charge on any atom is 0.279 e. The number of piperazine rings is 1. The minimum absolute atomic E-state index is 0.143. The standard InChI is InChI=1S/C18H19F2N3O3S/c19-14-4-3-5-15(12-14)21-18(24)13-22-8-10-23(11-9-22)27(25,26)17-7-2-1-6-16(17)20/h1-7,12H,8-11,13H2,(H,21,24)/p+1. The summed E-state index contributed by atoms with van der Waals surface area (Å²) in [4.78, 5) is 12.7. The highest BCUT2D eigenvalue weighted by atomic mass is 32.2. The van der Waals surface area contributed by atoms with Crippen LogP contribution in [0.25, 0.3) is 0 Å². The van der Waals surface area contributed by atoms with Crippen LogP contribution >= 0.6 is 0 Å². The van der Waals surface area contributed by atoms with Gasteiger partial charge in [0.05, 0.1) is 26.2 Å². The summed E-state index contributed by atoms with van der Waals surface area (Å²) in [6, 6.07) is 10.9. The van der Waals surface area contributed by atoms with E-state index in [1.165, 1.54) is 40.7 Å². The second-order valence-electron chi connectivity index (χ2n) is 6.32. The molecular weight excluding hydrogens is 376 g/mol. The SMILES string of the molecule is O=C(C[NH+]1CCN(S(=O)(=O)c2ccccc2F)CC1)Nc1cccc(F)c1. The highest BCUT2D eigenvalue weighted by molar-refractivity contribution is 7.89. The first-order chi connectivity index (χ1) is 12.9. The number of nitrogens with zero attached hydrogens (tertiary/aromatic N) is 1. The molecule has 0 aromatic heterocycles. The van der Waals surface area contributed by atoms with Crippen LogP contribution < -0.4 is 10.2 Å². The summed E-state index contributed by atoms with van der Waals surface area (Å²) in [7, 11) is -3.90. The Morgan fingerprint density at radius 1 is 1.07 bits per heavy atom. The van der Waals surface area contributed by atoms with Gasteiger partial charge in [-0.25, -0.2) is 17.2 Å². The molecule has 0 spiro atoms. The van der Waals surface area contributed by atoms with Gasteiger partial charge in [0.2, 0.25) is 10.0 Å². The molecule has 3 rings (SSSR count). The first-order valence-corrected chi connectivity index (χ1v) is 9.94. The molecule has 144 valence electrons. The molecule has 0 radical (unpaired) electrons. The van der Waals surface area contributed by atoms with Gasteiger partial charge in [0.1, 0.15) is 16.5 Å². The Balaban J connectivity index is 1.56. The molecule has 2 aromatic rings. The molecule has 2 N–H and O–H groups in total.